The molecule has 3 aromatic rings. The maximum absolute atomic E-state index is 9.92. The Hall–Kier alpha value is -3.73. The Morgan fingerprint density at radius 2 is 1.14 bits per heavy atom. The Morgan fingerprint density at radius 1 is 0.679 bits per heavy atom. The molecule has 0 unspecified atom stereocenters. The molecule has 2 aromatic carbocycles. The fourth-order valence-electron chi connectivity index (χ4n) is 2.75. The third kappa shape index (κ3) is 4.71. The van der Waals surface area contributed by atoms with Crippen LogP contribution in [-0.2, 0) is 0 Å². The molecule has 0 aliphatic rings. The first-order chi connectivity index (χ1) is 13.6. The minimum atomic E-state index is 0.210. The van der Waals surface area contributed by atoms with Crippen LogP contribution < -0.4 is 10.6 Å². The van der Waals surface area contributed by atoms with E-state index in [4.69, 9.17) is 0 Å². The molecule has 0 fully saturated rings. The van der Waals surface area contributed by atoms with Crippen molar-refractivity contribution in [2.24, 2.45) is 0 Å². The average Bonchev–Trinajstić information content (AvgIpc) is 2.71. The molecule has 0 saturated carbocycles. The maximum atomic E-state index is 9.92. The van der Waals surface area contributed by atoms with Crippen LogP contribution in [0.5, 0.6) is 11.5 Å². The number of phenols is 2. The van der Waals surface area contributed by atoms with Crippen LogP contribution in [0.25, 0.3) is 24.3 Å². The zero-order valence-electron chi connectivity index (χ0n) is 15.8. The highest BCUT2D eigenvalue weighted by atomic mass is 16.3. The number of anilines is 2. The van der Waals surface area contributed by atoms with Crippen molar-refractivity contribution in [1.82, 2.24) is 4.98 Å². The summed E-state index contributed by atoms with van der Waals surface area (Å²) in [4.78, 5) is 4.59. The molecule has 0 amide bonds. The van der Waals surface area contributed by atoms with Crippen LogP contribution in [0.4, 0.5) is 11.4 Å². The Balaban J connectivity index is 1.75. The molecule has 5 heteroatoms. The van der Waals surface area contributed by atoms with Gasteiger partial charge in [-0.1, -0.05) is 30.4 Å². The minimum Gasteiger partial charge on any atom is -0.506 e. The van der Waals surface area contributed by atoms with Crippen molar-refractivity contribution in [2.45, 2.75) is 0 Å². The monoisotopic (exact) mass is 373 g/mol. The number of phenolic OH excluding ortho intramolecular Hbond substituents is 2. The Labute approximate surface area is 164 Å². The van der Waals surface area contributed by atoms with E-state index >= 15 is 0 Å². The van der Waals surface area contributed by atoms with Gasteiger partial charge in [-0.3, -0.25) is 0 Å². The third-order valence-electron chi connectivity index (χ3n) is 4.27. The van der Waals surface area contributed by atoms with Crippen molar-refractivity contribution in [1.29, 1.82) is 0 Å². The summed E-state index contributed by atoms with van der Waals surface area (Å²) in [5.74, 6) is 0.420. The zero-order chi connectivity index (χ0) is 19.9. The molecule has 0 aliphatic heterocycles. The van der Waals surface area contributed by atoms with E-state index in [0.29, 0.717) is 11.4 Å². The van der Waals surface area contributed by atoms with Gasteiger partial charge in [-0.25, -0.2) is 4.98 Å². The summed E-state index contributed by atoms with van der Waals surface area (Å²) in [6.45, 7) is 0. The van der Waals surface area contributed by atoms with Crippen molar-refractivity contribution in [3.63, 3.8) is 0 Å². The standard InChI is InChI=1S/C23H23N3O2/c1-24-20-12-8-16(14-22(20)27)6-10-18-4-3-5-19(26-18)11-7-17-9-13-21(25-2)23(28)15-17/h3-15,24-25,27-28H,1-2H3/b10-6+,11-7+. The van der Waals surface area contributed by atoms with E-state index in [1.165, 1.54) is 0 Å². The van der Waals surface area contributed by atoms with Gasteiger partial charge in [0.05, 0.1) is 22.8 Å². The molecule has 0 bridgehead atoms. The fourth-order valence-corrected chi connectivity index (χ4v) is 2.75. The number of nitrogens with zero attached hydrogens (tertiary/aromatic N) is 1. The number of nitrogens with one attached hydrogen (secondary N) is 2. The lowest BCUT2D eigenvalue weighted by molar-refractivity contribution is 0.477. The quantitative estimate of drug-likeness (QED) is 0.462. The largest absolute Gasteiger partial charge is 0.506 e. The lowest BCUT2D eigenvalue weighted by Crippen LogP contribution is -1.88. The summed E-state index contributed by atoms with van der Waals surface area (Å²) >= 11 is 0. The smallest absolute Gasteiger partial charge is 0.139 e. The first kappa shape index (κ1) is 19.0. The molecular formula is C23H23N3O2. The molecular weight excluding hydrogens is 350 g/mol. The van der Waals surface area contributed by atoms with Gasteiger partial charge in [-0.05, 0) is 59.7 Å². The van der Waals surface area contributed by atoms with Crippen molar-refractivity contribution < 1.29 is 10.2 Å². The average molecular weight is 373 g/mol. The van der Waals surface area contributed by atoms with Crippen LogP contribution in [0.3, 0.4) is 0 Å². The summed E-state index contributed by atoms with van der Waals surface area (Å²) in [7, 11) is 3.54. The molecule has 0 spiro atoms. The molecule has 1 heterocycles. The molecule has 0 saturated heterocycles. The normalized spacial score (nSPS) is 11.2. The molecule has 142 valence electrons. The summed E-state index contributed by atoms with van der Waals surface area (Å²) in [5, 5.41) is 25.7. The van der Waals surface area contributed by atoms with Crippen molar-refractivity contribution in [3.8, 4) is 11.5 Å². The van der Waals surface area contributed by atoms with E-state index < -0.39 is 0 Å². The number of hydrogen-bond donors (Lipinski definition) is 4. The predicted molar refractivity (Wildman–Crippen MR) is 117 cm³/mol. The first-order valence-corrected chi connectivity index (χ1v) is 8.94. The Kier molecular flexibility index (Phi) is 5.97. The van der Waals surface area contributed by atoms with Gasteiger partial charge in [-0.15, -0.1) is 0 Å². The molecule has 0 radical (unpaired) electrons. The lowest BCUT2D eigenvalue weighted by atomic mass is 10.1. The molecule has 1 aromatic heterocycles. The van der Waals surface area contributed by atoms with Gasteiger partial charge in [0.15, 0.2) is 0 Å². The highest BCUT2D eigenvalue weighted by Gasteiger charge is 2.00. The van der Waals surface area contributed by atoms with Gasteiger partial charge >= 0.3 is 0 Å². The zero-order valence-corrected chi connectivity index (χ0v) is 15.8. The molecule has 28 heavy (non-hydrogen) atoms. The van der Waals surface area contributed by atoms with Crippen LogP contribution in [-0.4, -0.2) is 29.3 Å². The lowest BCUT2D eigenvalue weighted by Gasteiger charge is -2.04. The van der Waals surface area contributed by atoms with Crippen LogP contribution in [0.15, 0.2) is 54.6 Å². The predicted octanol–water partition coefficient (Wildman–Crippen LogP) is 4.92. The summed E-state index contributed by atoms with van der Waals surface area (Å²) in [6.07, 6.45) is 7.62. The Morgan fingerprint density at radius 3 is 1.54 bits per heavy atom. The topological polar surface area (TPSA) is 77.4 Å². The number of rotatable bonds is 6. The van der Waals surface area contributed by atoms with E-state index in [2.05, 4.69) is 15.6 Å². The van der Waals surface area contributed by atoms with E-state index in [9.17, 15) is 10.2 Å². The third-order valence-corrected chi connectivity index (χ3v) is 4.27. The van der Waals surface area contributed by atoms with E-state index in [-0.39, 0.29) is 11.5 Å². The van der Waals surface area contributed by atoms with Crippen molar-refractivity contribution >= 4 is 35.7 Å². The Bertz CT molecular complexity index is 947. The summed E-state index contributed by atoms with van der Waals surface area (Å²) in [6, 6.07) is 16.7. The number of benzene rings is 2. The number of hydrogen-bond acceptors (Lipinski definition) is 5. The van der Waals surface area contributed by atoms with Gasteiger partial charge in [0, 0.05) is 14.1 Å². The van der Waals surface area contributed by atoms with E-state index in [0.717, 1.165) is 22.5 Å². The van der Waals surface area contributed by atoms with Gasteiger partial charge in [-0.2, -0.15) is 0 Å². The molecule has 5 nitrogen and oxygen atoms in total. The van der Waals surface area contributed by atoms with Crippen molar-refractivity contribution in [2.75, 3.05) is 24.7 Å². The SMILES string of the molecule is CNc1ccc(/C=C/c2cccc(/C=C/c3ccc(NC)c(O)c3)n2)cc1O. The van der Waals surface area contributed by atoms with Gasteiger partial charge < -0.3 is 20.8 Å². The molecule has 0 atom stereocenters. The second-order valence-electron chi connectivity index (χ2n) is 6.21. The van der Waals surface area contributed by atoms with E-state index in [1.807, 2.05) is 66.8 Å². The summed E-state index contributed by atoms with van der Waals surface area (Å²) in [5.41, 5.74) is 4.78. The highest BCUT2D eigenvalue weighted by Crippen LogP contribution is 2.25. The number of pyridine rings is 1. The van der Waals surface area contributed by atoms with E-state index in [1.54, 1.807) is 26.2 Å². The van der Waals surface area contributed by atoms with Crippen LogP contribution in [0.2, 0.25) is 0 Å². The molecule has 4 N–H and O–H groups in total. The fraction of sp³-hybridized carbons (Fsp3) is 0.0870. The maximum Gasteiger partial charge on any atom is 0.139 e. The number of aromatic hydroxyl groups is 2. The molecule has 0 aliphatic carbocycles. The van der Waals surface area contributed by atoms with Crippen LogP contribution in [0.1, 0.15) is 22.5 Å². The van der Waals surface area contributed by atoms with Gasteiger partial charge in [0.25, 0.3) is 0 Å². The van der Waals surface area contributed by atoms with Gasteiger partial charge in [0.2, 0.25) is 0 Å². The van der Waals surface area contributed by atoms with Crippen LogP contribution >= 0.6 is 0 Å². The number of aromatic nitrogens is 1. The first-order valence-electron chi connectivity index (χ1n) is 8.94. The summed E-state index contributed by atoms with van der Waals surface area (Å²) < 4.78 is 0. The van der Waals surface area contributed by atoms with Crippen LogP contribution in [0, 0.1) is 0 Å². The highest BCUT2D eigenvalue weighted by molar-refractivity contribution is 5.74. The second-order valence-corrected chi connectivity index (χ2v) is 6.21. The van der Waals surface area contributed by atoms with Gasteiger partial charge in [0.1, 0.15) is 11.5 Å². The van der Waals surface area contributed by atoms with Crippen molar-refractivity contribution in [3.05, 3.63) is 77.1 Å². The minimum absolute atomic E-state index is 0.210. The molecule has 3 rings (SSSR count). The second kappa shape index (κ2) is 8.77.